The largest absolute Gasteiger partial charge is 0.493 e. The van der Waals surface area contributed by atoms with Gasteiger partial charge in [0.05, 0.1) is 6.61 Å². The number of amides is 2. The van der Waals surface area contributed by atoms with Gasteiger partial charge in [0, 0.05) is 38.1 Å². The standard InChI is InChI=1S/C21H28N4O2/c26-21(22-16-17-7-8-20-18(15-17)5-3-14-27-20)25-12-2-1-6-19(25)9-13-24-11-4-10-23-24/h4,7-8,10-11,15,19H,1-3,5-6,9,12-14,16H2,(H,22,26)/t19-/m1/s1. The van der Waals surface area contributed by atoms with Crippen molar-refractivity contribution < 1.29 is 9.53 Å². The van der Waals surface area contributed by atoms with Crippen molar-refractivity contribution >= 4 is 6.03 Å². The molecule has 0 spiro atoms. The summed E-state index contributed by atoms with van der Waals surface area (Å²) >= 11 is 0. The number of aromatic nitrogens is 2. The second kappa shape index (κ2) is 8.46. The molecule has 1 atom stereocenters. The van der Waals surface area contributed by atoms with E-state index in [4.69, 9.17) is 4.74 Å². The molecule has 0 aliphatic carbocycles. The van der Waals surface area contributed by atoms with Crippen LogP contribution in [0.5, 0.6) is 5.75 Å². The van der Waals surface area contributed by atoms with Crippen molar-refractivity contribution in [3.63, 3.8) is 0 Å². The molecule has 27 heavy (non-hydrogen) atoms. The molecule has 2 aliphatic rings. The molecule has 1 aromatic heterocycles. The van der Waals surface area contributed by atoms with E-state index in [9.17, 15) is 4.79 Å². The lowest BCUT2D eigenvalue weighted by atomic mass is 9.99. The summed E-state index contributed by atoms with van der Waals surface area (Å²) in [5, 5.41) is 7.39. The molecule has 0 bridgehead atoms. The van der Waals surface area contributed by atoms with Gasteiger partial charge in [-0.2, -0.15) is 5.10 Å². The van der Waals surface area contributed by atoms with Gasteiger partial charge in [-0.05, 0) is 61.8 Å². The van der Waals surface area contributed by atoms with Crippen LogP contribution >= 0.6 is 0 Å². The first-order chi connectivity index (χ1) is 13.3. The summed E-state index contributed by atoms with van der Waals surface area (Å²) in [5.41, 5.74) is 2.39. The monoisotopic (exact) mass is 368 g/mol. The van der Waals surface area contributed by atoms with Crippen molar-refractivity contribution in [2.24, 2.45) is 0 Å². The quantitative estimate of drug-likeness (QED) is 0.880. The summed E-state index contributed by atoms with van der Waals surface area (Å²) in [6, 6.07) is 8.53. The van der Waals surface area contributed by atoms with Gasteiger partial charge in [-0.1, -0.05) is 12.1 Å². The van der Waals surface area contributed by atoms with E-state index in [0.717, 1.165) is 63.1 Å². The lowest BCUT2D eigenvalue weighted by Crippen LogP contribution is -2.48. The predicted octanol–water partition coefficient (Wildman–Crippen LogP) is 3.36. The fraction of sp³-hybridized carbons (Fsp3) is 0.524. The molecule has 2 aromatic rings. The van der Waals surface area contributed by atoms with Gasteiger partial charge in [-0.15, -0.1) is 0 Å². The number of nitrogens with one attached hydrogen (secondary N) is 1. The molecule has 0 unspecified atom stereocenters. The first-order valence-electron chi connectivity index (χ1n) is 10.1. The first-order valence-corrected chi connectivity index (χ1v) is 10.1. The Kier molecular flexibility index (Phi) is 5.61. The third kappa shape index (κ3) is 4.43. The Morgan fingerprint density at radius 1 is 1.30 bits per heavy atom. The minimum Gasteiger partial charge on any atom is -0.493 e. The van der Waals surface area contributed by atoms with E-state index >= 15 is 0 Å². The molecule has 0 saturated carbocycles. The number of hydrogen-bond donors (Lipinski definition) is 1. The molecule has 1 fully saturated rings. The number of fused-ring (bicyclic) bond motifs is 1. The van der Waals surface area contributed by atoms with Crippen LogP contribution in [0.15, 0.2) is 36.7 Å². The Bertz CT molecular complexity index is 760. The molecule has 0 radical (unpaired) electrons. The number of aryl methyl sites for hydroxylation is 2. The Balaban J connectivity index is 1.33. The van der Waals surface area contributed by atoms with Crippen molar-refractivity contribution in [3.05, 3.63) is 47.8 Å². The molecule has 2 amide bonds. The van der Waals surface area contributed by atoms with Gasteiger partial charge in [0.2, 0.25) is 0 Å². The van der Waals surface area contributed by atoms with E-state index in [-0.39, 0.29) is 6.03 Å². The van der Waals surface area contributed by atoms with Gasteiger partial charge in [0.25, 0.3) is 0 Å². The van der Waals surface area contributed by atoms with Crippen LogP contribution < -0.4 is 10.1 Å². The van der Waals surface area contributed by atoms with Gasteiger partial charge >= 0.3 is 6.03 Å². The zero-order valence-corrected chi connectivity index (χ0v) is 15.8. The second-order valence-corrected chi connectivity index (χ2v) is 7.45. The van der Waals surface area contributed by atoms with Gasteiger partial charge in [-0.3, -0.25) is 4.68 Å². The molecule has 1 saturated heterocycles. The molecule has 1 aromatic carbocycles. The summed E-state index contributed by atoms with van der Waals surface area (Å²) in [6.07, 6.45) is 10.2. The maximum absolute atomic E-state index is 12.8. The van der Waals surface area contributed by atoms with Gasteiger partial charge in [-0.25, -0.2) is 4.79 Å². The summed E-state index contributed by atoms with van der Waals surface area (Å²) < 4.78 is 7.61. The second-order valence-electron chi connectivity index (χ2n) is 7.45. The van der Waals surface area contributed by atoms with E-state index < -0.39 is 0 Å². The highest BCUT2D eigenvalue weighted by molar-refractivity contribution is 5.74. The summed E-state index contributed by atoms with van der Waals surface area (Å²) in [5.74, 6) is 0.992. The maximum Gasteiger partial charge on any atom is 0.317 e. The van der Waals surface area contributed by atoms with Crippen LogP contribution in [0.2, 0.25) is 0 Å². The highest BCUT2D eigenvalue weighted by Gasteiger charge is 2.26. The number of carbonyl (C=O) groups excluding carboxylic acids is 1. The van der Waals surface area contributed by atoms with Crippen molar-refractivity contribution in [1.82, 2.24) is 20.0 Å². The van der Waals surface area contributed by atoms with E-state index in [0.29, 0.717) is 12.6 Å². The van der Waals surface area contributed by atoms with Gasteiger partial charge in [0.1, 0.15) is 5.75 Å². The Hall–Kier alpha value is -2.50. The van der Waals surface area contributed by atoms with E-state index in [1.165, 1.54) is 12.0 Å². The summed E-state index contributed by atoms with van der Waals surface area (Å²) in [7, 11) is 0. The maximum atomic E-state index is 12.8. The van der Waals surface area contributed by atoms with E-state index in [2.05, 4.69) is 22.5 Å². The molecular formula is C21H28N4O2. The molecule has 6 heteroatoms. The topological polar surface area (TPSA) is 59.4 Å². The Labute approximate surface area is 160 Å². The normalized spacial score (nSPS) is 19.3. The highest BCUT2D eigenvalue weighted by atomic mass is 16.5. The number of carbonyl (C=O) groups is 1. The smallest absolute Gasteiger partial charge is 0.317 e. The SMILES string of the molecule is O=C(NCc1ccc2c(c1)CCCO2)N1CCCC[C@@H]1CCn1cccn1. The fourth-order valence-electron chi connectivity index (χ4n) is 4.08. The molecule has 6 nitrogen and oxygen atoms in total. The van der Waals surface area contributed by atoms with Crippen LogP contribution in [-0.4, -0.2) is 39.9 Å². The number of likely N-dealkylation sites (tertiary alicyclic amines) is 1. The molecule has 3 heterocycles. The number of hydrogen-bond acceptors (Lipinski definition) is 3. The van der Waals surface area contributed by atoms with Crippen LogP contribution in [0.1, 0.15) is 43.2 Å². The number of urea groups is 1. The summed E-state index contributed by atoms with van der Waals surface area (Å²) in [6.45, 7) is 3.06. The average Bonchev–Trinajstić information content (AvgIpc) is 3.24. The first kappa shape index (κ1) is 17.9. The fourth-order valence-corrected chi connectivity index (χ4v) is 4.08. The molecule has 2 aliphatic heterocycles. The number of benzene rings is 1. The van der Waals surface area contributed by atoms with E-state index in [1.807, 2.05) is 27.9 Å². The number of ether oxygens (including phenoxy) is 1. The third-order valence-corrected chi connectivity index (χ3v) is 5.56. The van der Waals surface area contributed by atoms with Crippen LogP contribution in [0, 0.1) is 0 Å². The zero-order valence-electron chi connectivity index (χ0n) is 15.8. The average molecular weight is 368 g/mol. The lowest BCUT2D eigenvalue weighted by Gasteiger charge is -2.36. The Morgan fingerprint density at radius 2 is 2.26 bits per heavy atom. The van der Waals surface area contributed by atoms with Crippen LogP contribution in [0.25, 0.3) is 0 Å². The number of piperidine rings is 1. The summed E-state index contributed by atoms with van der Waals surface area (Å²) in [4.78, 5) is 14.8. The molecule has 144 valence electrons. The van der Waals surface area contributed by atoms with Crippen molar-refractivity contribution in [1.29, 1.82) is 0 Å². The minimum atomic E-state index is 0.0501. The van der Waals surface area contributed by atoms with Gasteiger partial charge < -0.3 is 15.0 Å². The van der Waals surface area contributed by atoms with Crippen LogP contribution in [0.4, 0.5) is 4.79 Å². The number of nitrogens with zero attached hydrogens (tertiary/aromatic N) is 3. The van der Waals surface area contributed by atoms with Gasteiger partial charge in [0.15, 0.2) is 0 Å². The van der Waals surface area contributed by atoms with Crippen molar-refractivity contribution in [2.75, 3.05) is 13.2 Å². The number of rotatable bonds is 5. The third-order valence-electron chi connectivity index (χ3n) is 5.56. The molecular weight excluding hydrogens is 340 g/mol. The van der Waals surface area contributed by atoms with Crippen molar-refractivity contribution in [2.45, 2.75) is 57.7 Å². The van der Waals surface area contributed by atoms with E-state index in [1.54, 1.807) is 6.20 Å². The predicted molar refractivity (Wildman–Crippen MR) is 104 cm³/mol. The van der Waals surface area contributed by atoms with Crippen LogP contribution in [0.3, 0.4) is 0 Å². The zero-order chi connectivity index (χ0) is 18.5. The Morgan fingerprint density at radius 3 is 3.15 bits per heavy atom. The van der Waals surface area contributed by atoms with Crippen molar-refractivity contribution in [3.8, 4) is 5.75 Å². The molecule has 1 N–H and O–H groups in total. The molecule has 4 rings (SSSR count). The lowest BCUT2D eigenvalue weighted by molar-refractivity contribution is 0.143. The highest BCUT2D eigenvalue weighted by Crippen LogP contribution is 2.25. The van der Waals surface area contributed by atoms with Crippen LogP contribution in [-0.2, 0) is 19.5 Å². The minimum absolute atomic E-state index is 0.0501.